The minimum Gasteiger partial charge on any atom is -0.399 e. The van der Waals surface area contributed by atoms with Gasteiger partial charge in [-0.2, -0.15) is 4.31 Å². The van der Waals surface area contributed by atoms with Gasteiger partial charge in [0, 0.05) is 37.6 Å². The van der Waals surface area contributed by atoms with Crippen LogP contribution in [0.2, 0.25) is 0 Å². The van der Waals surface area contributed by atoms with E-state index in [0.717, 1.165) is 0 Å². The predicted octanol–water partition coefficient (Wildman–Crippen LogP) is 2.40. The molecule has 128 valence electrons. The van der Waals surface area contributed by atoms with Gasteiger partial charge in [-0.15, -0.1) is 0 Å². The molecule has 0 spiro atoms. The third-order valence-corrected chi connectivity index (χ3v) is 6.59. The molecule has 2 N–H and O–H groups in total. The maximum absolute atomic E-state index is 12.7. The predicted molar refractivity (Wildman–Crippen MR) is 97.7 cm³/mol. The minimum absolute atomic E-state index is 0.303. The lowest BCUT2D eigenvalue weighted by Gasteiger charge is -2.36. The molecule has 0 aliphatic carbocycles. The largest absolute Gasteiger partial charge is 0.399 e. The lowest BCUT2D eigenvalue weighted by molar-refractivity contribution is 0.384. The summed E-state index contributed by atoms with van der Waals surface area (Å²) in [7, 11) is -3.45. The van der Waals surface area contributed by atoms with Crippen molar-refractivity contribution in [1.29, 1.82) is 0 Å². The van der Waals surface area contributed by atoms with E-state index < -0.39 is 10.0 Å². The summed E-state index contributed by atoms with van der Waals surface area (Å²) in [6, 6.07) is 12.6. The Bertz CT molecular complexity index is 824. The summed E-state index contributed by atoms with van der Waals surface area (Å²) in [5.41, 5.74) is 9.91. The molecule has 0 atom stereocenters. The van der Waals surface area contributed by atoms with Crippen LogP contribution in [0.25, 0.3) is 0 Å². The third-order valence-electron chi connectivity index (χ3n) is 4.67. The van der Waals surface area contributed by atoms with Crippen molar-refractivity contribution in [2.75, 3.05) is 36.8 Å². The molecule has 2 aromatic rings. The Morgan fingerprint density at radius 2 is 1.54 bits per heavy atom. The second-order valence-corrected chi connectivity index (χ2v) is 8.12. The number of benzene rings is 2. The highest BCUT2D eigenvalue weighted by Crippen LogP contribution is 2.25. The molecule has 0 unspecified atom stereocenters. The molecule has 1 saturated heterocycles. The number of hydrogen-bond donors (Lipinski definition) is 1. The lowest BCUT2D eigenvalue weighted by atomic mass is 10.1. The van der Waals surface area contributed by atoms with Crippen molar-refractivity contribution in [3.05, 3.63) is 53.6 Å². The third kappa shape index (κ3) is 3.12. The Hall–Kier alpha value is -2.05. The van der Waals surface area contributed by atoms with E-state index in [9.17, 15) is 8.42 Å². The fraction of sp³-hybridized carbons (Fsp3) is 0.333. The van der Waals surface area contributed by atoms with Crippen molar-refractivity contribution >= 4 is 21.4 Å². The highest BCUT2D eigenvalue weighted by Gasteiger charge is 2.28. The Kier molecular flexibility index (Phi) is 4.51. The van der Waals surface area contributed by atoms with Crippen molar-refractivity contribution in [1.82, 2.24) is 4.31 Å². The first-order valence-corrected chi connectivity index (χ1v) is 9.50. The average molecular weight is 345 g/mol. The van der Waals surface area contributed by atoms with Gasteiger partial charge in [-0.1, -0.05) is 12.1 Å². The first-order valence-electron chi connectivity index (χ1n) is 8.06. The Labute approximate surface area is 143 Å². The summed E-state index contributed by atoms with van der Waals surface area (Å²) in [6.07, 6.45) is 0. The molecule has 6 heteroatoms. The van der Waals surface area contributed by atoms with E-state index >= 15 is 0 Å². The second-order valence-electron chi connectivity index (χ2n) is 6.18. The first kappa shape index (κ1) is 16.8. The number of aryl methyl sites for hydroxylation is 1. The van der Waals surface area contributed by atoms with Crippen LogP contribution >= 0.6 is 0 Å². The molecule has 1 heterocycles. The molecule has 3 rings (SSSR count). The molecule has 0 amide bonds. The summed E-state index contributed by atoms with van der Waals surface area (Å²) in [5.74, 6) is 0. The van der Waals surface area contributed by atoms with Gasteiger partial charge in [-0.05, 0) is 55.3 Å². The molecule has 0 radical (unpaired) electrons. The number of piperazine rings is 1. The molecule has 1 aliphatic rings. The van der Waals surface area contributed by atoms with Crippen LogP contribution in [0.15, 0.2) is 47.4 Å². The number of rotatable bonds is 3. The summed E-state index contributed by atoms with van der Waals surface area (Å²) < 4.78 is 27.0. The number of nitrogens with two attached hydrogens (primary N) is 1. The fourth-order valence-corrected chi connectivity index (χ4v) is 4.46. The monoisotopic (exact) mass is 345 g/mol. The highest BCUT2D eigenvalue weighted by molar-refractivity contribution is 7.89. The van der Waals surface area contributed by atoms with Crippen LogP contribution < -0.4 is 10.6 Å². The SMILES string of the molecule is Cc1cccc(N2CCN(S(=O)(=O)c3ccc(N)cc3)CC2)c1C. The Morgan fingerprint density at radius 3 is 2.17 bits per heavy atom. The van der Waals surface area contributed by atoms with E-state index in [1.54, 1.807) is 28.6 Å². The van der Waals surface area contributed by atoms with E-state index in [-0.39, 0.29) is 0 Å². The van der Waals surface area contributed by atoms with Crippen molar-refractivity contribution in [3.63, 3.8) is 0 Å². The van der Waals surface area contributed by atoms with E-state index in [1.807, 2.05) is 0 Å². The Morgan fingerprint density at radius 1 is 0.917 bits per heavy atom. The minimum atomic E-state index is -3.45. The topological polar surface area (TPSA) is 66.6 Å². The van der Waals surface area contributed by atoms with Gasteiger partial charge < -0.3 is 10.6 Å². The van der Waals surface area contributed by atoms with Gasteiger partial charge in [-0.25, -0.2) is 8.42 Å². The van der Waals surface area contributed by atoms with Crippen LogP contribution in [0.4, 0.5) is 11.4 Å². The normalized spacial score (nSPS) is 16.3. The van der Waals surface area contributed by atoms with Crippen molar-refractivity contribution in [2.24, 2.45) is 0 Å². The van der Waals surface area contributed by atoms with Gasteiger partial charge >= 0.3 is 0 Å². The first-order chi connectivity index (χ1) is 11.4. The number of nitrogens with zero attached hydrogens (tertiary/aromatic N) is 2. The maximum Gasteiger partial charge on any atom is 0.243 e. The van der Waals surface area contributed by atoms with Crippen LogP contribution in [-0.4, -0.2) is 38.9 Å². The summed E-state index contributed by atoms with van der Waals surface area (Å²) in [4.78, 5) is 2.56. The number of anilines is 2. The van der Waals surface area contributed by atoms with Gasteiger partial charge in [-0.3, -0.25) is 0 Å². The highest BCUT2D eigenvalue weighted by atomic mass is 32.2. The summed E-state index contributed by atoms with van der Waals surface area (Å²) >= 11 is 0. The van der Waals surface area contributed by atoms with Crippen LogP contribution in [0.5, 0.6) is 0 Å². The fourth-order valence-electron chi connectivity index (χ4n) is 3.04. The van der Waals surface area contributed by atoms with Crippen LogP contribution in [0.1, 0.15) is 11.1 Å². The van der Waals surface area contributed by atoms with E-state index in [1.165, 1.54) is 16.8 Å². The molecule has 0 aromatic heterocycles. The summed E-state index contributed by atoms with van der Waals surface area (Å²) in [5, 5.41) is 0. The van der Waals surface area contributed by atoms with Gasteiger partial charge in [0.1, 0.15) is 0 Å². The van der Waals surface area contributed by atoms with Crippen molar-refractivity contribution in [2.45, 2.75) is 18.7 Å². The standard InChI is InChI=1S/C18H23N3O2S/c1-14-4-3-5-18(15(14)2)20-10-12-21(13-11-20)24(22,23)17-8-6-16(19)7-9-17/h3-9H,10-13,19H2,1-2H3. The van der Waals surface area contributed by atoms with Crippen molar-refractivity contribution < 1.29 is 8.42 Å². The van der Waals surface area contributed by atoms with Crippen LogP contribution in [0, 0.1) is 13.8 Å². The second kappa shape index (κ2) is 6.45. The molecular formula is C18H23N3O2S. The van der Waals surface area contributed by atoms with E-state index in [4.69, 9.17) is 5.73 Å². The van der Waals surface area contributed by atoms with Gasteiger partial charge in [0.15, 0.2) is 0 Å². The molecule has 1 fully saturated rings. The zero-order chi connectivity index (χ0) is 17.3. The van der Waals surface area contributed by atoms with Gasteiger partial charge in [0.25, 0.3) is 0 Å². The van der Waals surface area contributed by atoms with Gasteiger partial charge in [0.2, 0.25) is 10.0 Å². The van der Waals surface area contributed by atoms with E-state index in [2.05, 4.69) is 36.9 Å². The smallest absolute Gasteiger partial charge is 0.243 e. The zero-order valence-corrected chi connectivity index (χ0v) is 14.9. The van der Waals surface area contributed by atoms with Crippen molar-refractivity contribution in [3.8, 4) is 0 Å². The quantitative estimate of drug-likeness (QED) is 0.868. The van der Waals surface area contributed by atoms with Crippen LogP contribution in [0.3, 0.4) is 0 Å². The molecule has 0 bridgehead atoms. The average Bonchev–Trinajstić information content (AvgIpc) is 2.58. The Balaban J connectivity index is 1.75. The molecule has 24 heavy (non-hydrogen) atoms. The van der Waals surface area contributed by atoms with Crippen LogP contribution in [-0.2, 0) is 10.0 Å². The molecular weight excluding hydrogens is 322 g/mol. The number of hydrogen-bond acceptors (Lipinski definition) is 4. The number of nitrogen functional groups attached to an aromatic ring is 1. The number of sulfonamides is 1. The molecule has 2 aromatic carbocycles. The summed E-state index contributed by atoms with van der Waals surface area (Å²) in [6.45, 7) is 6.57. The zero-order valence-electron chi connectivity index (χ0n) is 14.1. The van der Waals surface area contributed by atoms with E-state index in [0.29, 0.717) is 36.8 Å². The maximum atomic E-state index is 12.7. The molecule has 1 aliphatic heterocycles. The molecule has 5 nitrogen and oxygen atoms in total. The van der Waals surface area contributed by atoms with Gasteiger partial charge in [0.05, 0.1) is 4.90 Å². The molecule has 0 saturated carbocycles. The lowest BCUT2D eigenvalue weighted by Crippen LogP contribution is -2.48.